The van der Waals surface area contributed by atoms with Gasteiger partial charge in [-0.1, -0.05) is 0 Å². The predicted molar refractivity (Wildman–Crippen MR) is 71.9 cm³/mol. The van der Waals surface area contributed by atoms with E-state index >= 15 is 0 Å². The Morgan fingerprint density at radius 1 is 1.28 bits per heavy atom. The van der Waals surface area contributed by atoms with Gasteiger partial charge in [0.2, 0.25) is 5.91 Å². The Morgan fingerprint density at radius 3 is 2.11 bits per heavy atom. The molecule has 1 amide bonds. The minimum Gasteiger partial charge on any atom is -0.343 e. The molecule has 18 heavy (non-hydrogen) atoms. The third kappa shape index (κ3) is 2.84. The first-order chi connectivity index (χ1) is 8.34. The second-order valence-corrected chi connectivity index (χ2v) is 5.85. The smallest absolute Gasteiger partial charge is 0.225 e. The lowest BCUT2D eigenvalue weighted by molar-refractivity contribution is -0.137. The topological polar surface area (TPSA) is 47.3 Å². The van der Waals surface area contributed by atoms with E-state index in [2.05, 4.69) is 6.07 Å². The lowest BCUT2D eigenvalue weighted by atomic mass is 9.76. The monoisotopic (exact) mass is 251 g/mol. The van der Waals surface area contributed by atoms with Gasteiger partial charge in [0.15, 0.2) is 0 Å². The van der Waals surface area contributed by atoms with E-state index in [9.17, 15) is 10.1 Å². The SMILES string of the molecule is CC(C)N(C)C(=O)C1CCC(C#N)(N(C)C)CC1. The van der Waals surface area contributed by atoms with E-state index in [1.807, 2.05) is 44.8 Å². The Balaban J connectivity index is 2.65. The summed E-state index contributed by atoms with van der Waals surface area (Å²) in [7, 11) is 5.77. The van der Waals surface area contributed by atoms with Crippen molar-refractivity contribution < 1.29 is 4.79 Å². The first-order valence-electron chi connectivity index (χ1n) is 6.69. The second kappa shape index (κ2) is 5.71. The number of rotatable bonds is 3. The van der Waals surface area contributed by atoms with Crippen LogP contribution in [0.1, 0.15) is 39.5 Å². The predicted octanol–water partition coefficient (Wildman–Crippen LogP) is 1.87. The molecule has 1 aliphatic rings. The van der Waals surface area contributed by atoms with Crippen LogP contribution in [0.15, 0.2) is 0 Å². The summed E-state index contributed by atoms with van der Waals surface area (Å²) in [5.41, 5.74) is -0.368. The van der Waals surface area contributed by atoms with Gasteiger partial charge in [0.1, 0.15) is 5.54 Å². The maximum absolute atomic E-state index is 12.2. The van der Waals surface area contributed by atoms with Gasteiger partial charge in [-0.2, -0.15) is 5.26 Å². The highest BCUT2D eigenvalue weighted by molar-refractivity contribution is 5.79. The van der Waals surface area contributed by atoms with Crippen LogP contribution in [-0.4, -0.2) is 48.4 Å². The van der Waals surface area contributed by atoms with E-state index in [1.54, 1.807) is 0 Å². The van der Waals surface area contributed by atoms with Crippen molar-refractivity contribution in [2.45, 2.75) is 51.1 Å². The summed E-state index contributed by atoms with van der Waals surface area (Å²) < 4.78 is 0. The molecule has 4 heteroatoms. The van der Waals surface area contributed by atoms with Crippen LogP contribution in [0.5, 0.6) is 0 Å². The molecule has 0 atom stereocenters. The van der Waals surface area contributed by atoms with Crippen LogP contribution in [0.3, 0.4) is 0 Å². The van der Waals surface area contributed by atoms with E-state index in [1.165, 1.54) is 0 Å². The number of nitrogens with zero attached hydrogens (tertiary/aromatic N) is 3. The molecule has 0 aromatic carbocycles. The fraction of sp³-hybridized carbons (Fsp3) is 0.857. The molecule has 0 spiro atoms. The third-order valence-electron chi connectivity index (χ3n) is 4.35. The number of hydrogen-bond acceptors (Lipinski definition) is 3. The molecule has 4 nitrogen and oxygen atoms in total. The van der Waals surface area contributed by atoms with Crippen molar-refractivity contribution >= 4 is 5.91 Å². The van der Waals surface area contributed by atoms with Crippen LogP contribution in [-0.2, 0) is 4.79 Å². The minimum absolute atomic E-state index is 0.0961. The second-order valence-electron chi connectivity index (χ2n) is 5.85. The molecule has 0 bridgehead atoms. The van der Waals surface area contributed by atoms with Gasteiger partial charge in [-0.05, 0) is 53.6 Å². The van der Waals surface area contributed by atoms with E-state index < -0.39 is 0 Å². The highest BCUT2D eigenvalue weighted by atomic mass is 16.2. The Hall–Kier alpha value is -1.08. The fourth-order valence-corrected chi connectivity index (χ4v) is 2.54. The number of hydrogen-bond donors (Lipinski definition) is 0. The van der Waals surface area contributed by atoms with Gasteiger partial charge in [0.05, 0.1) is 6.07 Å². The van der Waals surface area contributed by atoms with Gasteiger partial charge in [0, 0.05) is 19.0 Å². The number of nitriles is 1. The van der Waals surface area contributed by atoms with Crippen molar-refractivity contribution in [3.05, 3.63) is 0 Å². The zero-order valence-electron chi connectivity index (χ0n) is 12.2. The molecule has 1 rings (SSSR count). The van der Waals surface area contributed by atoms with Crippen molar-refractivity contribution in [3.8, 4) is 6.07 Å². The summed E-state index contributed by atoms with van der Waals surface area (Å²) in [4.78, 5) is 16.1. The summed E-state index contributed by atoms with van der Waals surface area (Å²) in [5.74, 6) is 0.328. The first kappa shape index (κ1) is 15.0. The van der Waals surface area contributed by atoms with E-state index in [-0.39, 0.29) is 23.4 Å². The summed E-state index contributed by atoms with van der Waals surface area (Å²) in [5, 5.41) is 9.35. The first-order valence-corrected chi connectivity index (χ1v) is 6.69. The molecule has 0 radical (unpaired) electrons. The standard InChI is InChI=1S/C14H25N3O/c1-11(2)17(5)13(18)12-6-8-14(10-15,9-7-12)16(3)4/h11-12H,6-9H2,1-5H3. The summed E-state index contributed by atoms with van der Waals surface area (Å²) in [6.45, 7) is 4.06. The molecular formula is C14H25N3O. The van der Waals surface area contributed by atoms with Gasteiger partial charge in [0.25, 0.3) is 0 Å². The summed E-state index contributed by atoms with van der Waals surface area (Å²) in [6, 6.07) is 2.67. The lowest BCUT2D eigenvalue weighted by Gasteiger charge is -2.40. The minimum atomic E-state index is -0.368. The van der Waals surface area contributed by atoms with Crippen LogP contribution in [0.2, 0.25) is 0 Å². The molecule has 0 heterocycles. The van der Waals surface area contributed by atoms with Gasteiger partial charge in [-0.3, -0.25) is 9.69 Å². The molecule has 0 N–H and O–H groups in total. The highest BCUT2D eigenvalue weighted by Gasteiger charge is 2.40. The maximum atomic E-state index is 12.2. The van der Waals surface area contributed by atoms with Crippen LogP contribution in [0, 0.1) is 17.2 Å². The number of amides is 1. The van der Waals surface area contributed by atoms with Crippen molar-refractivity contribution in [1.82, 2.24) is 9.80 Å². The van der Waals surface area contributed by atoms with Gasteiger partial charge >= 0.3 is 0 Å². The van der Waals surface area contributed by atoms with Crippen LogP contribution in [0.4, 0.5) is 0 Å². The molecule has 1 saturated carbocycles. The molecular weight excluding hydrogens is 226 g/mol. The van der Waals surface area contributed by atoms with Gasteiger partial charge in [-0.25, -0.2) is 0 Å². The van der Waals surface area contributed by atoms with E-state index in [0.717, 1.165) is 25.7 Å². The van der Waals surface area contributed by atoms with Crippen molar-refractivity contribution in [2.24, 2.45) is 5.92 Å². The average Bonchev–Trinajstić information content (AvgIpc) is 2.36. The molecule has 1 aliphatic carbocycles. The highest BCUT2D eigenvalue weighted by Crippen LogP contribution is 2.35. The van der Waals surface area contributed by atoms with Gasteiger partial charge in [-0.15, -0.1) is 0 Å². The normalized spacial score (nSPS) is 28.2. The molecule has 1 fully saturated rings. The largest absolute Gasteiger partial charge is 0.343 e. The van der Waals surface area contributed by atoms with Crippen LogP contribution < -0.4 is 0 Å². The average molecular weight is 251 g/mol. The maximum Gasteiger partial charge on any atom is 0.225 e. The fourth-order valence-electron chi connectivity index (χ4n) is 2.54. The Morgan fingerprint density at radius 2 is 1.78 bits per heavy atom. The van der Waals surface area contributed by atoms with Crippen LogP contribution in [0.25, 0.3) is 0 Å². The molecule has 0 unspecified atom stereocenters. The Kier molecular flexibility index (Phi) is 4.75. The molecule has 0 saturated heterocycles. The quantitative estimate of drug-likeness (QED) is 0.769. The van der Waals surface area contributed by atoms with E-state index in [0.29, 0.717) is 0 Å². The Labute approximate surface area is 111 Å². The molecule has 0 aliphatic heterocycles. The van der Waals surface area contributed by atoms with Crippen LogP contribution >= 0.6 is 0 Å². The Bertz CT molecular complexity index is 335. The summed E-state index contributed by atoms with van der Waals surface area (Å²) in [6.07, 6.45) is 3.22. The molecule has 0 aromatic rings. The van der Waals surface area contributed by atoms with Crippen molar-refractivity contribution in [2.75, 3.05) is 21.1 Å². The van der Waals surface area contributed by atoms with Crippen molar-refractivity contribution in [3.63, 3.8) is 0 Å². The van der Waals surface area contributed by atoms with Crippen molar-refractivity contribution in [1.29, 1.82) is 5.26 Å². The third-order valence-corrected chi connectivity index (χ3v) is 4.35. The summed E-state index contributed by atoms with van der Waals surface area (Å²) >= 11 is 0. The number of carbonyl (C=O) groups is 1. The van der Waals surface area contributed by atoms with E-state index in [4.69, 9.17) is 0 Å². The zero-order valence-corrected chi connectivity index (χ0v) is 12.2. The molecule has 0 aromatic heterocycles. The zero-order chi connectivity index (χ0) is 13.9. The lowest BCUT2D eigenvalue weighted by Crippen LogP contribution is -2.48. The van der Waals surface area contributed by atoms with Gasteiger partial charge < -0.3 is 4.90 Å². The molecule has 102 valence electrons. The number of carbonyl (C=O) groups excluding carboxylic acids is 1.